The van der Waals surface area contributed by atoms with Crippen molar-refractivity contribution in [1.29, 1.82) is 0 Å². The van der Waals surface area contributed by atoms with Gasteiger partial charge in [-0.15, -0.1) is 0 Å². The minimum absolute atomic E-state index is 0.337. The van der Waals surface area contributed by atoms with Crippen LogP contribution < -0.4 is 4.72 Å². The molecule has 1 N–H and O–H groups in total. The maximum Gasteiger partial charge on any atom is 0.262 e. The summed E-state index contributed by atoms with van der Waals surface area (Å²) in [4.78, 5) is 0.337. The second-order valence-corrected chi connectivity index (χ2v) is 7.26. The fourth-order valence-corrected chi connectivity index (χ4v) is 3.60. The molecule has 0 atom stereocenters. The fraction of sp³-hybridized carbons (Fsp3) is 0.294. The van der Waals surface area contributed by atoms with Crippen molar-refractivity contribution in [2.45, 2.75) is 39.5 Å². The van der Waals surface area contributed by atoms with E-state index in [1.165, 1.54) is 0 Å². The first-order valence-corrected chi connectivity index (χ1v) is 8.37. The molecule has 0 spiro atoms. The highest BCUT2D eigenvalue weighted by molar-refractivity contribution is 7.92. The molecule has 21 heavy (non-hydrogen) atoms. The van der Waals surface area contributed by atoms with Crippen LogP contribution in [0.15, 0.2) is 35.2 Å². The van der Waals surface area contributed by atoms with Gasteiger partial charge in [-0.25, -0.2) is 8.42 Å². The second-order valence-electron chi connectivity index (χ2n) is 5.61. The molecule has 112 valence electrons. The normalized spacial score (nSPS) is 11.5. The summed E-state index contributed by atoms with van der Waals surface area (Å²) in [7, 11) is -3.56. The Morgan fingerprint density at radius 1 is 0.714 bits per heavy atom. The van der Waals surface area contributed by atoms with E-state index < -0.39 is 10.0 Å². The number of aryl methyl sites for hydroxylation is 5. The third kappa shape index (κ3) is 3.27. The molecule has 0 amide bonds. The SMILES string of the molecule is Cc1ccc(NS(=O)(=O)c2cc(C)c(C)cc2C)cc1C. The van der Waals surface area contributed by atoms with Crippen molar-refractivity contribution in [2.75, 3.05) is 4.72 Å². The second kappa shape index (κ2) is 5.53. The molecule has 0 saturated carbocycles. The van der Waals surface area contributed by atoms with Crippen LogP contribution in [0, 0.1) is 34.6 Å². The van der Waals surface area contributed by atoms with Crippen molar-refractivity contribution in [3.05, 3.63) is 58.1 Å². The van der Waals surface area contributed by atoms with E-state index in [0.717, 1.165) is 27.8 Å². The largest absolute Gasteiger partial charge is 0.280 e. The molecule has 0 aromatic heterocycles. The van der Waals surface area contributed by atoms with Crippen molar-refractivity contribution >= 4 is 15.7 Å². The van der Waals surface area contributed by atoms with Gasteiger partial charge in [0.05, 0.1) is 4.90 Å². The average molecular weight is 303 g/mol. The van der Waals surface area contributed by atoms with E-state index in [4.69, 9.17) is 0 Å². The van der Waals surface area contributed by atoms with E-state index in [2.05, 4.69) is 4.72 Å². The monoisotopic (exact) mass is 303 g/mol. The Bertz CT molecular complexity index is 793. The van der Waals surface area contributed by atoms with E-state index in [-0.39, 0.29) is 0 Å². The van der Waals surface area contributed by atoms with Crippen LogP contribution in [0.2, 0.25) is 0 Å². The number of anilines is 1. The van der Waals surface area contributed by atoms with Gasteiger partial charge in [-0.1, -0.05) is 12.1 Å². The summed E-state index contributed by atoms with van der Waals surface area (Å²) in [6.45, 7) is 9.69. The zero-order valence-corrected chi connectivity index (χ0v) is 13.9. The van der Waals surface area contributed by atoms with E-state index in [1.807, 2.05) is 52.8 Å². The fourth-order valence-electron chi connectivity index (χ4n) is 2.24. The molecule has 2 aromatic rings. The van der Waals surface area contributed by atoms with Crippen molar-refractivity contribution < 1.29 is 8.42 Å². The summed E-state index contributed by atoms with van der Waals surface area (Å²) in [6.07, 6.45) is 0. The summed E-state index contributed by atoms with van der Waals surface area (Å²) in [5.41, 5.74) is 5.62. The van der Waals surface area contributed by atoms with Gasteiger partial charge in [0.1, 0.15) is 0 Å². The number of nitrogens with one attached hydrogen (secondary N) is 1. The molecule has 2 aromatic carbocycles. The molecule has 0 aliphatic carbocycles. The molecule has 0 heterocycles. The Balaban J connectivity index is 2.43. The molecular weight excluding hydrogens is 282 g/mol. The molecule has 3 nitrogen and oxygen atoms in total. The molecule has 0 radical (unpaired) electrons. The Hall–Kier alpha value is -1.81. The average Bonchev–Trinajstić information content (AvgIpc) is 2.37. The Labute approximate surface area is 127 Å². The van der Waals surface area contributed by atoms with Crippen LogP contribution in [0.5, 0.6) is 0 Å². The molecule has 0 unspecified atom stereocenters. The van der Waals surface area contributed by atoms with Crippen LogP contribution in [-0.4, -0.2) is 8.42 Å². The van der Waals surface area contributed by atoms with E-state index >= 15 is 0 Å². The third-order valence-electron chi connectivity index (χ3n) is 3.84. The number of hydrogen-bond donors (Lipinski definition) is 1. The van der Waals surface area contributed by atoms with E-state index in [9.17, 15) is 8.42 Å². The Kier molecular flexibility index (Phi) is 4.10. The minimum Gasteiger partial charge on any atom is -0.280 e. The van der Waals surface area contributed by atoms with Gasteiger partial charge in [0.15, 0.2) is 0 Å². The number of sulfonamides is 1. The topological polar surface area (TPSA) is 46.2 Å². The lowest BCUT2D eigenvalue weighted by atomic mass is 10.1. The van der Waals surface area contributed by atoms with E-state index in [0.29, 0.717) is 10.6 Å². The number of hydrogen-bond acceptors (Lipinski definition) is 2. The van der Waals surface area contributed by atoms with Gasteiger partial charge in [0.25, 0.3) is 10.0 Å². The lowest BCUT2D eigenvalue weighted by Crippen LogP contribution is -2.15. The van der Waals surface area contributed by atoms with Gasteiger partial charge in [0, 0.05) is 5.69 Å². The summed E-state index contributed by atoms with van der Waals surface area (Å²) >= 11 is 0. The maximum atomic E-state index is 12.6. The molecule has 4 heteroatoms. The predicted molar refractivity (Wildman–Crippen MR) is 87.4 cm³/mol. The van der Waals surface area contributed by atoms with Crippen molar-refractivity contribution in [3.8, 4) is 0 Å². The van der Waals surface area contributed by atoms with Crippen molar-refractivity contribution in [3.63, 3.8) is 0 Å². The Morgan fingerprint density at radius 3 is 1.90 bits per heavy atom. The lowest BCUT2D eigenvalue weighted by Gasteiger charge is -2.13. The van der Waals surface area contributed by atoms with Crippen LogP contribution >= 0.6 is 0 Å². The summed E-state index contributed by atoms with van der Waals surface area (Å²) < 4.78 is 27.8. The van der Waals surface area contributed by atoms with Gasteiger partial charge < -0.3 is 0 Å². The van der Waals surface area contributed by atoms with Gasteiger partial charge in [0.2, 0.25) is 0 Å². The highest BCUT2D eigenvalue weighted by Gasteiger charge is 2.18. The summed E-state index contributed by atoms with van der Waals surface area (Å²) in [5, 5.41) is 0. The van der Waals surface area contributed by atoms with Crippen LogP contribution in [0.25, 0.3) is 0 Å². The van der Waals surface area contributed by atoms with Crippen LogP contribution in [0.4, 0.5) is 5.69 Å². The molecule has 0 bridgehead atoms. The molecule has 0 aliphatic heterocycles. The number of benzene rings is 2. The zero-order valence-electron chi connectivity index (χ0n) is 13.1. The highest BCUT2D eigenvalue weighted by Crippen LogP contribution is 2.23. The first-order valence-electron chi connectivity index (χ1n) is 6.88. The Morgan fingerprint density at radius 2 is 1.29 bits per heavy atom. The standard InChI is InChI=1S/C17H21NO2S/c1-11-6-7-16(9-13(11)3)18-21(19,20)17-10-14(4)12(2)8-15(17)5/h6-10,18H,1-5H3. The quantitative estimate of drug-likeness (QED) is 0.930. The van der Waals surface area contributed by atoms with Gasteiger partial charge in [-0.2, -0.15) is 0 Å². The smallest absolute Gasteiger partial charge is 0.262 e. The maximum absolute atomic E-state index is 12.6. The van der Waals surface area contributed by atoms with Gasteiger partial charge in [-0.3, -0.25) is 4.72 Å². The van der Waals surface area contributed by atoms with Crippen LogP contribution in [-0.2, 0) is 10.0 Å². The lowest BCUT2D eigenvalue weighted by molar-refractivity contribution is 0.600. The van der Waals surface area contributed by atoms with Crippen LogP contribution in [0.1, 0.15) is 27.8 Å². The van der Waals surface area contributed by atoms with Gasteiger partial charge >= 0.3 is 0 Å². The van der Waals surface area contributed by atoms with Crippen molar-refractivity contribution in [1.82, 2.24) is 0 Å². The first-order chi connectivity index (χ1) is 9.70. The van der Waals surface area contributed by atoms with Crippen LogP contribution in [0.3, 0.4) is 0 Å². The molecule has 0 saturated heterocycles. The molecular formula is C17H21NO2S. The zero-order chi connectivity index (χ0) is 15.8. The number of rotatable bonds is 3. The minimum atomic E-state index is -3.56. The summed E-state index contributed by atoms with van der Waals surface area (Å²) in [5.74, 6) is 0. The molecule has 0 fully saturated rings. The summed E-state index contributed by atoms with van der Waals surface area (Å²) in [6, 6.07) is 9.19. The van der Waals surface area contributed by atoms with Gasteiger partial charge in [-0.05, 0) is 80.6 Å². The third-order valence-corrected chi connectivity index (χ3v) is 5.36. The van der Waals surface area contributed by atoms with E-state index in [1.54, 1.807) is 12.1 Å². The molecule has 2 rings (SSSR count). The molecule has 0 aliphatic rings. The predicted octanol–water partition coefficient (Wildman–Crippen LogP) is 4.03. The van der Waals surface area contributed by atoms with Crippen molar-refractivity contribution in [2.24, 2.45) is 0 Å². The highest BCUT2D eigenvalue weighted by atomic mass is 32.2. The first kappa shape index (κ1) is 15.6.